The van der Waals surface area contributed by atoms with Crippen LogP contribution in [-0.4, -0.2) is 10.9 Å². The quantitative estimate of drug-likeness (QED) is 0.710. The summed E-state index contributed by atoms with van der Waals surface area (Å²) in [6.45, 7) is 0. The highest BCUT2D eigenvalue weighted by Gasteiger charge is 2.08. The number of nitrogens with zero attached hydrogens (tertiary/aromatic N) is 1. The van der Waals surface area contributed by atoms with Crippen molar-refractivity contribution in [2.75, 3.05) is 5.32 Å². The third kappa shape index (κ3) is 3.45. The van der Waals surface area contributed by atoms with Crippen LogP contribution in [-0.2, 0) is 0 Å². The molecule has 3 nitrogen and oxygen atoms in total. The van der Waals surface area contributed by atoms with Gasteiger partial charge in [-0.05, 0) is 48.5 Å². The lowest BCUT2D eigenvalue weighted by Gasteiger charge is -2.07. The zero-order chi connectivity index (χ0) is 16.9. The number of halogens is 1. The summed E-state index contributed by atoms with van der Waals surface area (Å²) in [6.07, 6.45) is 7.00. The van der Waals surface area contributed by atoms with E-state index in [9.17, 15) is 4.79 Å². The highest BCUT2D eigenvalue weighted by molar-refractivity contribution is 6.33. The van der Waals surface area contributed by atoms with Crippen LogP contribution in [0.5, 0.6) is 0 Å². The molecule has 3 aromatic rings. The van der Waals surface area contributed by atoms with Gasteiger partial charge in [-0.1, -0.05) is 29.7 Å². The van der Waals surface area contributed by atoms with E-state index in [0.717, 1.165) is 11.1 Å². The molecule has 0 bridgehead atoms. The first-order valence-electron chi connectivity index (χ1n) is 7.26. The minimum Gasteiger partial charge on any atom is -0.322 e. The van der Waals surface area contributed by atoms with Crippen molar-refractivity contribution in [1.29, 1.82) is 0 Å². The summed E-state index contributed by atoms with van der Waals surface area (Å²) in [7, 11) is 0. The van der Waals surface area contributed by atoms with E-state index >= 15 is 0 Å². The molecule has 0 aliphatic carbocycles. The molecular weight excluding hydrogens is 320 g/mol. The Morgan fingerprint density at radius 3 is 2.38 bits per heavy atom. The molecular formula is C20H13ClN2O. The monoisotopic (exact) mass is 332 g/mol. The van der Waals surface area contributed by atoms with Crippen molar-refractivity contribution in [3.63, 3.8) is 0 Å². The molecule has 0 saturated heterocycles. The minimum atomic E-state index is -0.192. The van der Waals surface area contributed by atoms with Crippen LogP contribution in [0.15, 0.2) is 66.9 Å². The molecule has 0 spiro atoms. The Kier molecular flexibility index (Phi) is 4.60. The van der Waals surface area contributed by atoms with Crippen molar-refractivity contribution >= 4 is 23.2 Å². The van der Waals surface area contributed by atoms with Gasteiger partial charge >= 0.3 is 0 Å². The SMILES string of the molecule is C#Cc1ccc(NC(=O)c2ccc(-c3ncccc3Cl)cc2)cc1. The average molecular weight is 333 g/mol. The van der Waals surface area contributed by atoms with Gasteiger partial charge in [0, 0.05) is 28.6 Å². The molecule has 1 amide bonds. The molecule has 0 radical (unpaired) electrons. The molecule has 1 N–H and O–H groups in total. The molecule has 4 heteroatoms. The van der Waals surface area contributed by atoms with Gasteiger partial charge in [0.2, 0.25) is 0 Å². The van der Waals surface area contributed by atoms with Gasteiger partial charge in [-0.2, -0.15) is 0 Å². The van der Waals surface area contributed by atoms with Crippen molar-refractivity contribution in [2.24, 2.45) is 0 Å². The lowest BCUT2D eigenvalue weighted by molar-refractivity contribution is 0.102. The van der Waals surface area contributed by atoms with E-state index in [-0.39, 0.29) is 5.91 Å². The lowest BCUT2D eigenvalue weighted by atomic mass is 10.1. The maximum Gasteiger partial charge on any atom is 0.255 e. The number of hydrogen-bond donors (Lipinski definition) is 1. The van der Waals surface area contributed by atoms with Crippen molar-refractivity contribution in [3.8, 4) is 23.6 Å². The second-order valence-corrected chi connectivity index (χ2v) is 5.49. The summed E-state index contributed by atoms with van der Waals surface area (Å²) < 4.78 is 0. The number of carbonyl (C=O) groups excluding carboxylic acids is 1. The van der Waals surface area contributed by atoms with Crippen molar-refractivity contribution in [2.45, 2.75) is 0 Å². The van der Waals surface area contributed by atoms with Crippen LogP contribution in [0, 0.1) is 12.3 Å². The largest absolute Gasteiger partial charge is 0.322 e. The Bertz CT molecular complexity index is 910. The smallest absolute Gasteiger partial charge is 0.255 e. The Labute approximate surface area is 145 Å². The summed E-state index contributed by atoms with van der Waals surface area (Å²) >= 11 is 6.14. The van der Waals surface area contributed by atoms with Crippen molar-refractivity contribution in [3.05, 3.63) is 83.0 Å². The third-order valence-electron chi connectivity index (χ3n) is 3.49. The van der Waals surface area contributed by atoms with Crippen molar-refractivity contribution in [1.82, 2.24) is 4.98 Å². The van der Waals surface area contributed by atoms with Gasteiger partial charge in [0.05, 0.1) is 10.7 Å². The Morgan fingerprint density at radius 2 is 1.75 bits per heavy atom. The number of aromatic nitrogens is 1. The van der Waals surface area contributed by atoms with E-state index < -0.39 is 0 Å². The van der Waals surface area contributed by atoms with E-state index in [1.165, 1.54) is 0 Å². The number of hydrogen-bond acceptors (Lipinski definition) is 2. The van der Waals surface area contributed by atoms with E-state index in [1.54, 1.807) is 54.7 Å². The first-order chi connectivity index (χ1) is 11.7. The van der Waals surface area contributed by atoms with Crippen LogP contribution in [0.1, 0.15) is 15.9 Å². The van der Waals surface area contributed by atoms with E-state index in [2.05, 4.69) is 16.2 Å². The second-order valence-electron chi connectivity index (χ2n) is 5.09. The summed E-state index contributed by atoms with van der Waals surface area (Å²) in [5, 5.41) is 3.40. The fourth-order valence-electron chi connectivity index (χ4n) is 2.23. The number of rotatable bonds is 3. The van der Waals surface area contributed by atoms with E-state index in [4.69, 9.17) is 18.0 Å². The first kappa shape index (κ1) is 15.8. The third-order valence-corrected chi connectivity index (χ3v) is 3.79. The van der Waals surface area contributed by atoms with Crippen molar-refractivity contribution < 1.29 is 4.79 Å². The summed E-state index contributed by atoms with van der Waals surface area (Å²) in [6, 6.07) is 17.8. The number of pyridine rings is 1. The van der Waals surface area contributed by atoms with E-state index in [1.807, 2.05) is 12.1 Å². The molecule has 24 heavy (non-hydrogen) atoms. The van der Waals surface area contributed by atoms with Gasteiger partial charge in [-0.25, -0.2) is 0 Å². The number of terminal acetylenes is 1. The Hall–Kier alpha value is -3.09. The predicted octanol–water partition coefficient (Wildman–Crippen LogP) is 4.64. The number of anilines is 1. The summed E-state index contributed by atoms with van der Waals surface area (Å²) in [5.74, 6) is 2.34. The van der Waals surface area contributed by atoms with Crippen LogP contribution in [0.4, 0.5) is 5.69 Å². The Morgan fingerprint density at radius 1 is 1.04 bits per heavy atom. The standard InChI is InChI=1S/C20H13ClN2O/c1-2-14-5-11-17(12-6-14)23-20(24)16-9-7-15(8-10-16)19-18(21)4-3-13-22-19/h1,3-13H,(H,23,24). The number of carbonyl (C=O) groups is 1. The van der Waals surface area contributed by atoms with Crippen LogP contribution in [0.2, 0.25) is 5.02 Å². The highest BCUT2D eigenvalue weighted by atomic mass is 35.5. The minimum absolute atomic E-state index is 0.192. The van der Waals surface area contributed by atoms with Crippen LogP contribution < -0.4 is 5.32 Å². The lowest BCUT2D eigenvalue weighted by Crippen LogP contribution is -2.11. The maximum atomic E-state index is 12.3. The summed E-state index contributed by atoms with van der Waals surface area (Å²) in [5.41, 5.74) is 3.55. The van der Waals surface area contributed by atoms with Crippen LogP contribution in [0.25, 0.3) is 11.3 Å². The fraction of sp³-hybridized carbons (Fsp3) is 0. The number of nitrogens with one attached hydrogen (secondary N) is 1. The van der Waals surface area contributed by atoms with E-state index in [0.29, 0.717) is 22.0 Å². The molecule has 0 unspecified atom stereocenters. The molecule has 0 atom stereocenters. The first-order valence-corrected chi connectivity index (χ1v) is 7.64. The van der Waals surface area contributed by atoms with Gasteiger partial charge in [-0.15, -0.1) is 6.42 Å². The normalized spacial score (nSPS) is 10.0. The van der Waals surface area contributed by atoms with Gasteiger partial charge < -0.3 is 5.32 Å². The molecule has 1 aromatic heterocycles. The molecule has 0 aliphatic rings. The van der Waals surface area contributed by atoms with Crippen LogP contribution in [0.3, 0.4) is 0 Å². The maximum absolute atomic E-state index is 12.3. The van der Waals surface area contributed by atoms with Crippen LogP contribution >= 0.6 is 11.6 Å². The van der Waals surface area contributed by atoms with Gasteiger partial charge in [-0.3, -0.25) is 9.78 Å². The number of amides is 1. The Balaban J connectivity index is 1.76. The molecule has 2 aromatic carbocycles. The fourth-order valence-corrected chi connectivity index (χ4v) is 2.46. The zero-order valence-electron chi connectivity index (χ0n) is 12.7. The molecule has 1 heterocycles. The predicted molar refractivity (Wildman–Crippen MR) is 97.0 cm³/mol. The van der Waals surface area contributed by atoms with Gasteiger partial charge in [0.1, 0.15) is 0 Å². The second kappa shape index (κ2) is 6.99. The molecule has 0 fully saturated rings. The molecule has 116 valence electrons. The number of benzene rings is 2. The molecule has 0 aliphatic heterocycles. The van der Waals surface area contributed by atoms with Gasteiger partial charge in [0.15, 0.2) is 0 Å². The summed E-state index contributed by atoms with van der Waals surface area (Å²) in [4.78, 5) is 16.5. The molecule has 3 rings (SSSR count). The van der Waals surface area contributed by atoms with Gasteiger partial charge in [0.25, 0.3) is 5.91 Å². The zero-order valence-corrected chi connectivity index (χ0v) is 13.4. The molecule has 0 saturated carbocycles. The average Bonchev–Trinajstić information content (AvgIpc) is 2.63. The highest BCUT2D eigenvalue weighted by Crippen LogP contribution is 2.25. The topological polar surface area (TPSA) is 42.0 Å².